The van der Waals surface area contributed by atoms with E-state index in [4.69, 9.17) is 5.11 Å². The van der Waals surface area contributed by atoms with Gasteiger partial charge in [0.15, 0.2) is 0 Å². The van der Waals surface area contributed by atoms with Crippen LogP contribution in [0.25, 0.3) is 0 Å². The summed E-state index contributed by atoms with van der Waals surface area (Å²) in [6.07, 6.45) is 1.15. The average molecular weight is 295 g/mol. The molecule has 0 saturated carbocycles. The number of methoxy groups -OCH3 is 1. The molecule has 3 N–H and O–H groups in total. The highest BCUT2D eigenvalue weighted by Gasteiger charge is 2.23. The summed E-state index contributed by atoms with van der Waals surface area (Å²) in [4.78, 5) is 37.8. The van der Waals surface area contributed by atoms with Gasteiger partial charge in [-0.3, -0.25) is 9.78 Å². The van der Waals surface area contributed by atoms with Gasteiger partial charge < -0.3 is 20.5 Å². The molecule has 114 valence electrons. The van der Waals surface area contributed by atoms with Crippen molar-refractivity contribution in [1.82, 2.24) is 15.6 Å². The number of rotatable bonds is 6. The SMILES string of the molecule is COC(=O)C[C@H](NC(=O)NCc1ncccc1C)C(=O)O. The first-order chi connectivity index (χ1) is 9.93. The predicted octanol–water partition coefficient (Wildman–Crippen LogP) is 0.206. The third-order valence-electron chi connectivity index (χ3n) is 2.74. The molecule has 1 aromatic rings. The van der Waals surface area contributed by atoms with Gasteiger partial charge in [0.1, 0.15) is 6.04 Å². The number of hydrogen-bond acceptors (Lipinski definition) is 5. The molecular weight excluding hydrogens is 278 g/mol. The van der Waals surface area contributed by atoms with Crippen molar-refractivity contribution in [1.29, 1.82) is 0 Å². The Hall–Kier alpha value is -2.64. The molecule has 8 heteroatoms. The number of hydrogen-bond donors (Lipinski definition) is 3. The Labute approximate surface area is 121 Å². The molecule has 0 aliphatic heterocycles. The van der Waals surface area contributed by atoms with Crippen molar-refractivity contribution in [3.05, 3.63) is 29.6 Å². The van der Waals surface area contributed by atoms with Gasteiger partial charge in [0.2, 0.25) is 0 Å². The van der Waals surface area contributed by atoms with Crippen LogP contribution in [0.15, 0.2) is 18.3 Å². The Morgan fingerprint density at radius 1 is 1.43 bits per heavy atom. The van der Waals surface area contributed by atoms with Crippen LogP contribution >= 0.6 is 0 Å². The van der Waals surface area contributed by atoms with Gasteiger partial charge in [0.25, 0.3) is 0 Å². The standard InChI is InChI=1S/C13H17N3O5/c1-8-4-3-5-14-10(8)7-15-13(20)16-9(12(18)19)6-11(17)21-2/h3-5,9H,6-7H2,1-2H3,(H,18,19)(H2,15,16,20)/t9-/m0/s1. The zero-order valence-electron chi connectivity index (χ0n) is 11.8. The number of esters is 1. The number of carboxylic acid groups (broad SMARTS) is 1. The number of nitrogens with zero attached hydrogens (tertiary/aromatic N) is 1. The fourth-order valence-corrected chi connectivity index (χ4v) is 1.53. The summed E-state index contributed by atoms with van der Waals surface area (Å²) >= 11 is 0. The molecular formula is C13H17N3O5. The van der Waals surface area contributed by atoms with E-state index in [-0.39, 0.29) is 6.54 Å². The van der Waals surface area contributed by atoms with Gasteiger partial charge in [-0.2, -0.15) is 0 Å². The topological polar surface area (TPSA) is 118 Å². The summed E-state index contributed by atoms with van der Waals surface area (Å²) < 4.78 is 4.37. The first kappa shape index (κ1) is 16.4. The predicted molar refractivity (Wildman–Crippen MR) is 72.4 cm³/mol. The van der Waals surface area contributed by atoms with Gasteiger partial charge in [-0.05, 0) is 18.6 Å². The number of carbonyl (C=O) groups is 3. The molecule has 1 aromatic heterocycles. The van der Waals surface area contributed by atoms with E-state index < -0.39 is 30.4 Å². The Bertz CT molecular complexity index is 532. The van der Waals surface area contributed by atoms with Gasteiger partial charge in [0.05, 0.1) is 25.8 Å². The van der Waals surface area contributed by atoms with Crippen LogP contribution in [0.3, 0.4) is 0 Å². The molecule has 0 radical (unpaired) electrons. The van der Waals surface area contributed by atoms with Crippen molar-refractivity contribution >= 4 is 18.0 Å². The Balaban J connectivity index is 2.53. The van der Waals surface area contributed by atoms with E-state index in [1.807, 2.05) is 13.0 Å². The largest absolute Gasteiger partial charge is 0.480 e. The van der Waals surface area contributed by atoms with Gasteiger partial charge in [-0.1, -0.05) is 6.07 Å². The van der Waals surface area contributed by atoms with Crippen molar-refractivity contribution in [2.45, 2.75) is 25.9 Å². The van der Waals surface area contributed by atoms with Crippen LogP contribution in [-0.4, -0.2) is 41.2 Å². The molecule has 21 heavy (non-hydrogen) atoms. The first-order valence-corrected chi connectivity index (χ1v) is 6.18. The molecule has 8 nitrogen and oxygen atoms in total. The minimum Gasteiger partial charge on any atom is -0.480 e. The Kier molecular flexibility index (Phi) is 6.12. The van der Waals surface area contributed by atoms with Crippen molar-refractivity contribution in [2.75, 3.05) is 7.11 Å². The number of pyridine rings is 1. The highest BCUT2D eigenvalue weighted by Crippen LogP contribution is 2.02. The molecule has 1 atom stereocenters. The van der Waals surface area contributed by atoms with Crippen LogP contribution in [0.1, 0.15) is 17.7 Å². The number of ether oxygens (including phenoxy) is 1. The lowest BCUT2D eigenvalue weighted by Gasteiger charge is -2.14. The van der Waals surface area contributed by atoms with E-state index in [1.54, 1.807) is 12.3 Å². The zero-order chi connectivity index (χ0) is 15.8. The van der Waals surface area contributed by atoms with E-state index in [0.717, 1.165) is 12.7 Å². The first-order valence-electron chi connectivity index (χ1n) is 6.18. The lowest BCUT2D eigenvalue weighted by Crippen LogP contribution is -2.47. The second-order valence-corrected chi connectivity index (χ2v) is 4.27. The Morgan fingerprint density at radius 2 is 2.14 bits per heavy atom. The molecule has 0 unspecified atom stereocenters. The maximum Gasteiger partial charge on any atom is 0.326 e. The maximum atomic E-state index is 11.6. The number of aryl methyl sites for hydroxylation is 1. The van der Waals surface area contributed by atoms with Crippen LogP contribution in [-0.2, 0) is 20.9 Å². The van der Waals surface area contributed by atoms with Crippen molar-refractivity contribution in [3.63, 3.8) is 0 Å². The molecule has 2 amide bonds. The van der Waals surface area contributed by atoms with Crippen LogP contribution in [0.5, 0.6) is 0 Å². The number of aliphatic carboxylic acids is 1. The normalized spacial score (nSPS) is 11.3. The average Bonchev–Trinajstić information content (AvgIpc) is 2.45. The molecule has 0 saturated heterocycles. The van der Waals surface area contributed by atoms with Crippen molar-refractivity contribution in [2.24, 2.45) is 0 Å². The molecule has 0 spiro atoms. The van der Waals surface area contributed by atoms with E-state index in [1.165, 1.54) is 0 Å². The fraction of sp³-hybridized carbons (Fsp3) is 0.385. The van der Waals surface area contributed by atoms with E-state index in [2.05, 4.69) is 20.4 Å². The van der Waals surface area contributed by atoms with Crippen LogP contribution < -0.4 is 10.6 Å². The minimum atomic E-state index is -1.35. The molecule has 1 rings (SSSR count). The van der Waals surface area contributed by atoms with Gasteiger partial charge >= 0.3 is 18.0 Å². The van der Waals surface area contributed by atoms with Gasteiger partial charge in [-0.15, -0.1) is 0 Å². The van der Waals surface area contributed by atoms with E-state index in [9.17, 15) is 14.4 Å². The monoisotopic (exact) mass is 295 g/mol. The lowest BCUT2D eigenvalue weighted by atomic mass is 10.2. The molecule has 0 aromatic carbocycles. The number of nitrogens with one attached hydrogen (secondary N) is 2. The summed E-state index contributed by atoms with van der Waals surface area (Å²) in [6, 6.07) is 1.58. The van der Waals surface area contributed by atoms with Gasteiger partial charge in [-0.25, -0.2) is 9.59 Å². The zero-order valence-corrected chi connectivity index (χ0v) is 11.8. The number of amides is 2. The lowest BCUT2D eigenvalue weighted by molar-refractivity contribution is -0.147. The highest BCUT2D eigenvalue weighted by molar-refractivity contribution is 5.86. The van der Waals surface area contributed by atoms with Crippen molar-refractivity contribution in [3.8, 4) is 0 Å². The third-order valence-corrected chi connectivity index (χ3v) is 2.74. The second-order valence-electron chi connectivity index (χ2n) is 4.27. The van der Waals surface area contributed by atoms with Crippen LogP contribution in [0, 0.1) is 6.92 Å². The van der Waals surface area contributed by atoms with E-state index >= 15 is 0 Å². The highest BCUT2D eigenvalue weighted by atomic mass is 16.5. The van der Waals surface area contributed by atoms with E-state index in [0.29, 0.717) is 5.69 Å². The molecule has 0 aliphatic rings. The smallest absolute Gasteiger partial charge is 0.326 e. The number of urea groups is 1. The fourth-order valence-electron chi connectivity index (χ4n) is 1.53. The molecule has 1 heterocycles. The Morgan fingerprint density at radius 3 is 2.71 bits per heavy atom. The number of carbonyl (C=O) groups excluding carboxylic acids is 2. The quantitative estimate of drug-likeness (QED) is 0.645. The number of carboxylic acids is 1. The summed E-state index contributed by atoms with van der Waals surface area (Å²) in [5, 5.41) is 13.6. The maximum absolute atomic E-state index is 11.6. The minimum absolute atomic E-state index is 0.156. The number of aromatic nitrogens is 1. The summed E-state index contributed by atoms with van der Waals surface area (Å²) in [6.45, 7) is 2.00. The van der Waals surface area contributed by atoms with Crippen LogP contribution in [0.4, 0.5) is 4.79 Å². The summed E-state index contributed by atoms with van der Waals surface area (Å²) in [5.74, 6) is -2.03. The molecule has 0 aliphatic carbocycles. The summed E-state index contributed by atoms with van der Waals surface area (Å²) in [7, 11) is 1.14. The molecule has 0 fully saturated rings. The molecule has 0 bridgehead atoms. The third kappa shape index (κ3) is 5.47. The van der Waals surface area contributed by atoms with Gasteiger partial charge in [0, 0.05) is 6.20 Å². The summed E-state index contributed by atoms with van der Waals surface area (Å²) in [5.41, 5.74) is 1.58. The van der Waals surface area contributed by atoms with Crippen LogP contribution in [0.2, 0.25) is 0 Å². The van der Waals surface area contributed by atoms with Crippen molar-refractivity contribution < 1.29 is 24.2 Å². The second kappa shape index (κ2) is 7.83.